The minimum absolute atomic E-state index is 0.523. The van der Waals surface area contributed by atoms with Crippen LogP contribution >= 0.6 is 0 Å². The van der Waals surface area contributed by atoms with Crippen molar-refractivity contribution in [1.82, 2.24) is 15.1 Å². The van der Waals surface area contributed by atoms with E-state index >= 15 is 0 Å². The van der Waals surface area contributed by atoms with Crippen molar-refractivity contribution in [3.63, 3.8) is 0 Å². The Balaban J connectivity index is 1.90. The number of hydrogen-bond donors (Lipinski definition) is 1. The predicted octanol–water partition coefficient (Wildman–Crippen LogP) is 2.93. The molecule has 1 heterocycles. The molecule has 17 heavy (non-hydrogen) atoms. The van der Waals surface area contributed by atoms with Crippen LogP contribution in [0.3, 0.4) is 0 Å². The highest BCUT2D eigenvalue weighted by Crippen LogP contribution is 2.27. The molecule has 1 aliphatic rings. The Labute approximate surface area is 105 Å². The van der Waals surface area contributed by atoms with Gasteiger partial charge in [-0.1, -0.05) is 26.2 Å². The van der Waals surface area contributed by atoms with Gasteiger partial charge < -0.3 is 5.32 Å². The van der Waals surface area contributed by atoms with Crippen LogP contribution in [0.2, 0.25) is 0 Å². The molecule has 0 saturated heterocycles. The molecule has 0 spiro atoms. The molecule has 0 aromatic carbocycles. The molecule has 1 unspecified atom stereocenters. The van der Waals surface area contributed by atoms with Crippen molar-refractivity contribution in [2.45, 2.75) is 64.5 Å². The molecule has 1 fully saturated rings. The van der Waals surface area contributed by atoms with Crippen LogP contribution in [0.4, 0.5) is 0 Å². The van der Waals surface area contributed by atoms with Gasteiger partial charge in [0, 0.05) is 18.7 Å². The molecule has 1 saturated carbocycles. The van der Waals surface area contributed by atoms with E-state index in [9.17, 15) is 0 Å². The molecule has 3 heteroatoms. The van der Waals surface area contributed by atoms with Crippen LogP contribution < -0.4 is 5.32 Å². The summed E-state index contributed by atoms with van der Waals surface area (Å²) in [6, 6.07) is 3.37. The van der Waals surface area contributed by atoms with Crippen LogP contribution in [0.5, 0.6) is 0 Å². The van der Waals surface area contributed by atoms with E-state index in [1.165, 1.54) is 37.8 Å². The maximum Gasteiger partial charge on any atom is 0.0640 e. The van der Waals surface area contributed by atoms with Crippen LogP contribution in [0.1, 0.15) is 57.7 Å². The summed E-state index contributed by atoms with van der Waals surface area (Å²) in [5, 5.41) is 8.17. The Bertz CT molecular complexity index is 326. The van der Waals surface area contributed by atoms with Crippen molar-refractivity contribution in [1.29, 1.82) is 0 Å². The third kappa shape index (κ3) is 3.56. The van der Waals surface area contributed by atoms with Gasteiger partial charge in [0.1, 0.15) is 0 Å². The monoisotopic (exact) mass is 235 g/mol. The summed E-state index contributed by atoms with van der Waals surface area (Å²) < 4.78 is 2.20. The van der Waals surface area contributed by atoms with Crippen LogP contribution in [0, 0.1) is 0 Å². The second-order valence-corrected chi connectivity index (χ2v) is 5.24. The highest BCUT2D eigenvalue weighted by molar-refractivity contribution is 5.02. The van der Waals surface area contributed by atoms with Crippen molar-refractivity contribution >= 4 is 0 Å². The second kappa shape index (κ2) is 6.20. The zero-order chi connectivity index (χ0) is 12.1. The van der Waals surface area contributed by atoms with Gasteiger partial charge in [-0.05, 0) is 32.4 Å². The van der Waals surface area contributed by atoms with Gasteiger partial charge in [0.2, 0.25) is 0 Å². The highest BCUT2D eigenvalue weighted by Gasteiger charge is 2.16. The molecular formula is C14H25N3. The van der Waals surface area contributed by atoms with Crippen molar-refractivity contribution in [2.24, 2.45) is 0 Å². The van der Waals surface area contributed by atoms with Gasteiger partial charge in [-0.15, -0.1) is 0 Å². The first kappa shape index (κ1) is 12.6. The van der Waals surface area contributed by atoms with Gasteiger partial charge in [-0.3, -0.25) is 4.68 Å². The van der Waals surface area contributed by atoms with Crippen molar-refractivity contribution < 1.29 is 0 Å². The number of aromatic nitrogens is 2. The quantitative estimate of drug-likeness (QED) is 0.850. The van der Waals surface area contributed by atoms with E-state index in [4.69, 9.17) is 5.10 Å². The lowest BCUT2D eigenvalue weighted by Gasteiger charge is -2.21. The summed E-state index contributed by atoms with van der Waals surface area (Å²) in [4.78, 5) is 0. The van der Waals surface area contributed by atoms with Crippen LogP contribution in [-0.4, -0.2) is 22.4 Å². The molecule has 0 amide bonds. The Morgan fingerprint density at radius 1 is 1.41 bits per heavy atom. The van der Waals surface area contributed by atoms with E-state index < -0.39 is 0 Å². The summed E-state index contributed by atoms with van der Waals surface area (Å²) >= 11 is 0. The average molecular weight is 235 g/mol. The van der Waals surface area contributed by atoms with Crippen molar-refractivity contribution in [2.75, 3.05) is 6.54 Å². The first-order valence-electron chi connectivity index (χ1n) is 7.07. The van der Waals surface area contributed by atoms with Crippen LogP contribution in [-0.2, 0) is 6.42 Å². The normalized spacial score (nSPS) is 19.4. The largest absolute Gasteiger partial charge is 0.314 e. The minimum atomic E-state index is 0.523. The topological polar surface area (TPSA) is 29.9 Å². The Morgan fingerprint density at radius 2 is 2.18 bits per heavy atom. The number of hydrogen-bond acceptors (Lipinski definition) is 2. The second-order valence-electron chi connectivity index (χ2n) is 5.24. The fraction of sp³-hybridized carbons (Fsp3) is 0.786. The molecule has 1 N–H and O–H groups in total. The standard InChI is InChI=1S/C14H25N3/c1-3-15-12(2)11-13-9-10-17(16-13)14-7-5-4-6-8-14/h9-10,12,14-15H,3-8,11H2,1-2H3. The number of rotatable bonds is 5. The van der Waals surface area contributed by atoms with Crippen LogP contribution in [0.15, 0.2) is 12.3 Å². The SMILES string of the molecule is CCNC(C)Cc1ccn(C2CCCCC2)n1. The van der Waals surface area contributed by atoms with E-state index in [-0.39, 0.29) is 0 Å². The van der Waals surface area contributed by atoms with E-state index in [0.717, 1.165) is 13.0 Å². The molecule has 1 aliphatic carbocycles. The third-order valence-corrected chi connectivity index (χ3v) is 3.68. The molecule has 0 radical (unpaired) electrons. The Kier molecular flexibility index (Phi) is 4.60. The summed E-state index contributed by atoms with van der Waals surface area (Å²) in [6.07, 6.45) is 9.97. The zero-order valence-corrected chi connectivity index (χ0v) is 11.2. The zero-order valence-electron chi connectivity index (χ0n) is 11.2. The Morgan fingerprint density at radius 3 is 2.88 bits per heavy atom. The van der Waals surface area contributed by atoms with E-state index in [1.54, 1.807) is 0 Å². The van der Waals surface area contributed by atoms with E-state index in [1.807, 2.05) is 0 Å². The van der Waals surface area contributed by atoms with E-state index in [0.29, 0.717) is 12.1 Å². The van der Waals surface area contributed by atoms with Crippen molar-refractivity contribution in [3.05, 3.63) is 18.0 Å². The summed E-state index contributed by atoms with van der Waals surface area (Å²) in [6.45, 7) is 5.41. The first-order valence-corrected chi connectivity index (χ1v) is 7.07. The molecular weight excluding hydrogens is 210 g/mol. The number of nitrogens with zero attached hydrogens (tertiary/aromatic N) is 2. The van der Waals surface area contributed by atoms with Gasteiger partial charge in [0.15, 0.2) is 0 Å². The first-order chi connectivity index (χ1) is 8.29. The van der Waals surface area contributed by atoms with Gasteiger partial charge in [-0.2, -0.15) is 5.10 Å². The lowest BCUT2D eigenvalue weighted by atomic mass is 9.96. The van der Waals surface area contributed by atoms with Crippen LogP contribution in [0.25, 0.3) is 0 Å². The van der Waals surface area contributed by atoms with E-state index in [2.05, 4.69) is 36.1 Å². The molecule has 96 valence electrons. The average Bonchev–Trinajstić information content (AvgIpc) is 2.79. The molecule has 1 aromatic rings. The molecule has 0 aliphatic heterocycles. The lowest BCUT2D eigenvalue weighted by Crippen LogP contribution is -2.27. The highest BCUT2D eigenvalue weighted by atomic mass is 15.3. The van der Waals surface area contributed by atoms with Crippen molar-refractivity contribution in [3.8, 4) is 0 Å². The summed E-state index contributed by atoms with van der Waals surface area (Å²) in [7, 11) is 0. The maximum atomic E-state index is 4.73. The predicted molar refractivity (Wildman–Crippen MR) is 71.2 cm³/mol. The maximum absolute atomic E-state index is 4.73. The fourth-order valence-electron chi connectivity index (χ4n) is 2.77. The summed E-state index contributed by atoms with van der Waals surface area (Å²) in [5.41, 5.74) is 1.23. The molecule has 1 aromatic heterocycles. The Hall–Kier alpha value is -0.830. The molecule has 1 atom stereocenters. The van der Waals surface area contributed by atoms with Gasteiger partial charge in [0.05, 0.1) is 11.7 Å². The lowest BCUT2D eigenvalue weighted by molar-refractivity contribution is 0.327. The minimum Gasteiger partial charge on any atom is -0.314 e. The number of nitrogens with one attached hydrogen (secondary N) is 1. The summed E-state index contributed by atoms with van der Waals surface area (Å²) in [5.74, 6) is 0. The smallest absolute Gasteiger partial charge is 0.0640 e. The number of likely N-dealkylation sites (N-methyl/N-ethyl adjacent to an activating group) is 1. The fourth-order valence-corrected chi connectivity index (χ4v) is 2.77. The third-order valence-electron chi connectivity index (χ3n) is 3.68. The van der Waals surface area contributed by atoms with Gasteiger partial charge >= 0.3 is 0 Å². The van der Waals surface area contributed by atoms with Gasteiger partial charge in [-0.25, -0.2) is 0 Å². The molecule has 2 rings (SSSR count). The van der Waals surface area contributed by atoms with Gasteiger partial charge in [0.25, 0.3) is 0 Å². The molecule has 3 nitrogen and oxygen atoms in total. The molecule has 0 bridgehead atoms.